The van der Waals surface area contributed by atoms with E-state index in [9.17, 15) is 9.90 Å². The van der Waals surface area contributed by atoms with E-state index in [1.54, 1.807) is 19.1 Å². The third-order valence-corrected chi connectivity index (χ3v) is 2.71. The van der Waals surface area contributed by atoms with Crippen LogP contribution in [0.3, 0.4) is 0 Å². The zero-order valence-electron chi connectivity index (χ0n) is 10.4. The minimum atomic E-state index is -0.133. The number of carbonyl (C=O) groups excluding carboxylic acids is 1. The molecule has 0 radical (unpaired) electrons. The lowest BCUT2D eigenvalue weighted by Crippen LogP contribution is -2.40. The van der Waals surface area contributed by atoms with E-state index in [0.717, 1.165) is 18.4 Å². The Hall–Kier alpha value is -1.55. The molecule has 0 saturated carbocycles. The van der Waals surface area contributed by atoms with E-state index in [1.807, 2.05) is 0 Å². The molecule has 1 aromatic carbocycles. The maximum atomic E-state index is 12.0. The Morgan fingerprint density at radius 2 is 2.24 bits per heavy atom. The fraction of sp³-hybridized carbons (Fsp3) is 0.462. The van der Waals surface area contributed by atoms with Gasteiger partial charge in [0.2, 0.25) is 0 Å². The van der Waals surface area contributed by atoms with Crippen molar-refractivity contribution in [1.82, 2.24) is 5.32 Å². The molecule has 0 heterocycles. The van der Waals surface area contributed by atoms with Crippen LogP contribution in [0, 0.1) is 6.92 Å². The van der Waals surface area contributed by atoms with Crippen molar-refractivity contribution in [3.8, 4) is 5.75 Å². The molecule has 0 aliphatic rings. The van der Waals surface area contributed by atoms with E-state index in [0.29, 0.717) is 12.1 Å². The van der Waals surface area contributed by atoms with Gasteiger partial charge in [-0.3, -0.25) is 4.79 Å². The second-order valence-electron chi connectivity index (χ2n) is 4.19. The molecule has 1 aromatic rings. The van der Waals surface area contributed by atoms with Crippen LogP contribution >= 0.6 is 0 Å². The number of hydrogen-bond donors (Lipinski definition) is 3. The number of hydrogen-bond acceptors (Lipinski definition) is 3. The molecule has 0 saturated heterocycles. The Balaban J connectivity index is 2.75. The summed E-state index contributed by atoms with van der Waals surface area (Å²) in [6, 6.07) is 4.73. The minimum absolute atomic E-state index is 0.0145. The number of phenolic OH excluding ortho intramolecular Hbond substituents is 1. The molecule has 1 amide bonds. The summed E-state index contributed by atoms with van der Waals surface area (Å²) >= 11 is 0. The van der Waals surface area contributed by atoms with Gasteiger partial charge in [-0.05, 0) is 37.1 Å². The lowest BCUT2D eigenvalue weighted by atomic mass is 10.1. The number of aryl methyl sites for hydroxylation is 1. The van der Waals surface area contributed by atoms with Crippen LogP contribution in [0.4, 0.5) is 0 Å². The van der Waals surface area contributed by atoms with Crippen LogP contribution in [0.15, 0.2) is 18.2 Å². The van der Waals surface area contributed by atoms with E-state index in [-0.39, 0.29) is 17.7 Å². The third-order valence-electron chi connectivity index (χ3n) is 2.71. The highest BCUT2D eigenvalue weighted by Crippen LogP contribution is 2.15. The van der Waals surface area contributed by atoms with Crippen molar-refractivity contribution in [2.24, 2.45) is 5.73 Å². The summed E-state index contributed by atoms with van der Waals surface area (Å²) in [5.41, 5.74) is 6.93. The van der Waals surface area contributed by atoms with Gasteiger partial charge in [0.15, 0.2) is 0 Å². The van der Waals surface area contributed by atoms with Crippen LogP contribution in [0.25, 0.3) is 0 Å². The molecule has 1 rings (SSSR count). The molecule has 0 spiro atoms. The zero-order valence-corrected chi connectivity index (χ0v) is 10.4. The van der Waals surface area contributed by atoms with Gasteiger partial charge in [0, 0.05) is 18.2 Å². The molecule has 0 bridgehead atoms. The molecule has 4 nitrogen and oxygen atoms in total. The molecular formula is C13H20N2O2. The Kier molecular flexibility index (Phi) is 4.97. The average Bonchev–Trinajstić information content (AvgIpc) is 2.28. The number of nitrogens with one attached hydrogen (secondary N) is 1. The Morgan fingerprint density at radius 3 is 2.76 bits per heavy atom. The van der Waals surface area contributed by atoms with E-state index in [4.69, 9.17) is 5.73 Å². The molecule has 94 valence electrons. The first-order chi connectivity index (χ1) is 8.08. The third kappa shape index (κ3) is 3.75. The van der Waals surface area contributed by atoms with E-state index >= 15 is 0 Å². The van der Waals surface area contributed by atoms with Gasteiger partial charge >= 0.3 is 0 Å². The predicted octanol–water partition coefficient (Wildman–Crippen LogP) is 1.56. The van der Waals surface area contributed by atoms with Gasteiger partial charge < -0.3 is 16.2 Å². The predicted molar refractivity (Wildman–Crippen MR) is 68.1 cm³/mol. The molecule has 0 aliphatic carbocycles. The summed E-state index contributed by atoms with van der Waals surface area (Å²) in [6.45, 7) is 4.29. The monoisotopic (exact) mass is 236 g/mol. The molecule has 0 aromatic heterocycles. The first-order valence-electron chi connectivity index (χ1n) is 5.89. The Bertz CT molecular complexity index is 391. The summed E-state index contributed by atoms with van der Waals surface area (Å²) in [4.78, 5) is 12.0. The first kappa shape index (κ1) is 13.5. The van der Waals surface area contributed by atoms with Crippen LogP contribution < -0.4 is 11.1 Å². The highest BCUT2D eigenvalue weighted by Gasteiger charge is 2.13. The van der Waals surface area contributed by atoms with Gasteiger partial charge in [-0.25, -0.2) is 0 Å². The van der Waals surface area contributed by atoms with Crippen LogP contribution in [0.1, 0.15) is 35.7 Å². The molecule has 1 atom stereocenters. The van der Waals surface area contributed by atoms with Crippen molar-refractivity contribution in [2.45, 2.75) is 32.7 Å². The molecule has 1 unspecified atom stereocenters. The topological polar surface area (TPSA) is 75.3 Å². The standard InChI is InChI=1S/C13H20N2O2/c1-3-4-10(8-14)15-13(17)12-6-5-11(16)7-9(12)2/h5-7,10,16H,3-4,8,14H2,1-2H3,(H,15,17). The largest absolute Gasteiger partial charge is 0.508 e. The summed E-state index contributed by atoms with van der Waals surface area (Å²) in [5, 5.41) is 12.2. The van der Waals surface area contributed by atoms with Crippen molar-refractivity contribution >= 4 is 5.91 Å². The summed E-state index contributed by atoms with van der Waals surface area (Å²) < 4.78 is 0. The number of amides is 1. The minimum Gasteiger partial charge on any atom is -0.508 e. The number of carbonyl (C=O) groups is 1. The van der Waals surface area contributed by atoms with Gasteiger partial charge in [-0.2, -0.15) is 0 Å². The highest BCUT2D eigenvalue weighted by molar-refractivity contribution is 5.95. The van der Waals surface area contributed by atoms with E-state index in [2.05, 4.69) is 12.2 Å². The summed E-state index contributed by atoms with van der Waals surface area (Å²) in [5.74, 6) is 0.0365. The number of aromatic hydroxyl groups is 1. The maximum absolute atomic E-state index is 12.0. The normalized spacial score (nSPS) is 12.2. The van der Waals surface area contributed by atoms with Crippen molar-refractivity contribution < 1.29 is 9.90 Å². The van der Waals surface area contributed by atoms with Gasteiger partial charge in [0.1, 0.15) is 5.75 Å². The molecular weight excluding hydrogens is 216 g/mol. The van der Waals surface area contributed by atoms with Crippen molar-refractivity contribution in [2.75, 3.05) is 6.54 Å². The van der Waals surface area contributed by atoms with Gasteiger partial charge in [0.05, 0.1) is 0 Å². The first-order valence-corrected chi connectivity index (χ1v) is 5.89. The van der Waals surface area contributed by atoms with Crippen LogP contribution in [-0.2, 0) is 0 Å². The number of phenols is 1. The summed E-state index contributed by atoms with van der Waals surface area (Å²) in [7, 11) is 0. The Labute approximate surface area is 102 Å². The van der Waals surface area contributed by atoms with Crippen molar-refractivity contribution in [3.63, 3.8) is 0 Å². The fourth-order valence-electron chi connectivity index (χ4n) is 1.76. The lowest BCUT2D eigenvalue weighted by Gasteiger charge is -2.16. The van der Waals surface area contributed by atoms with Crippen molar-refractivity contribution in [3.05, 3.63) is 29.3 Å². The van der Waals surface area contributed by atoms with Gasteiger partial charge in [-0.15, -0.1) is 0 Å². The van der Waals surface area contributed by atoms with Crippen LogP contribution in [-0.4, -0.2) is 23.6 Å². The molecule has 4 N–H and O–H groups in total. The van der Waals surface area contributed by atoms with E-state index < -0.39 is 0 Å². The van der Waals surface area contributed by atoms with Crippen molar-refractivity contribution in [1.29, 1.82) is 0 Å². The lowest BCUT2D eigenvalue weighted by molar-refractivity contribution is 0.0935. The summed E-state index contributed by atoms with van der Waals surface area (Å²) in [6.07, 6.45) is 1.86. The average molecular weight is 236 g/mol. The zero-order chi connectivity index (χ0) is 12.8. The van der Waals surface area contributed by atoms with Gasteiger partial charge in [0.25, 0.3) is 5.91 Å². The quantitative estimate of drug-likeness (QED) is 0.726. The van der Waals surface area contributed by atoms with Crippen LogP contribution in [0.5, 0.6) is 5.75 Å². The SMILES string of the molecule is CCCC(CN)NC(=O)c1ccc(O)cc1C. The number of rotatable bonds is 5. The fourth-order valence-corrected chi connectivity index (χ4v) is 1.76. The van der Waals surface area contributed by atoms with Crippen LogP contribution in [0.2, 0.25) is 0 Å². The van der Waals surface area contributed by atoms with E-state index in [1.165, 1.54) is 6.07 Å². The maximum Gasteiger partial charge on any atom is 0.251 e. The van der Waals surface area contributed by atoms with Gasteiger partial charge in [-0.1, -0.05) is 13.3 Å². The molecule has 4 heteroatoms. The second kappa shape index (κ2) is 6.25. The molecule has 0 fully saturated rings. The molecule has 17 heavy (non-hydrogen) atoms. The Morgan fingerprint density at radius 1 is 1.53 bits per heavy atom. The molecule has 0 aliphatic heterocycles. The second-order valence-corrected chi connectivity index (χ2v) is 4.19. The smallest absolute Gasteiger partial charge is 0.251 e. The highest BCUT2D eigenvalue weighted by atomic mass is 16.3. The number of benzene rings is 1. The number of nitrogens with two attached hydrogens (primary N) is 1.